The molecule has 1 aromatic carbocycles. The normalized spacial score (nSPS) is 10.8. The van der Waals surface area contributed by atoms with Crippen LogP contribution in [0, 0.1) is 0 Å². The van der Waals surface area contributed by atoms with E-state index in [4.69, 9.17) is 4.74 Å². The third-order valence-electron chi connectivity index (χ3n) is 3.09. The van der Waals surface area contributed by atoms with Crippen LogP contribution in [0.4, 0.5) is 0 Å². The van der Waals surface area contributed by atoms with Gasteiger partial charge in [-0.05, 0) is 42.2 Å². The number of methoxy groups -OCH3 is 1. The van der Waals surface area contributed by atoms with E-state index in [1.165, 1.54) is 5.56 Å². The molecule has 0 saturated heterocycles. The molecule has 1 nitrogen and oxygen atoms in total. The number of rotatable bonds is 8. The van der Waals surface area contributed by atoms with Gasteiger partial charge in [0.05, 0.1) is 7.11 Å². The van der Waals surface area contributed by atoms with Crippen LogP contribution in [-0.4, -0.2) is 7.11 Å². The van der Waals surface area contributed by atoms with E-state index in [9.17, 15) is 0 Å². The van der Waals surface area contributed by atoms with Crippen molar-refractivity contribution < 1.29 is 4.74 Å². The average molecular weight is 292 g/mol. The molecular formula is C21H24O. The van der Waals surface area contributed by atoms with Crippen LogP contribution in [0.1, 0.15) is 12.5 Å². The van der Waals surface area contributed by atoms with Gasteiger partial charge in [0.2, 0.25) is 0 Å². The van der Waals surface area contributed by atoms with E-state index in [0.717, 1.165) is 34.5 Å². The van der Waals surface area contributed by atoms with Gasteiger partial charge in [0.25, 0.3) is 0 Å². The van der Waals surface area contributed by atoms with Gasteiger partial charge in [-0.15, -0.1) is 0 Å². The minimum absolute atomic E-state index is 0.794. The number of hydrogen-bond donors (Lipinski definition) is 0. The Kier molecular flexibility index (Phi) is 6.91. The maximum Gasteiger partial charge on any atom is 0.118 e. The standard InChI is InChI=1S/C21H24O/c1-16(2)7-9-18(4)19(5)10-8-17(3)15-20-11-13-21(22-6)14-12-20/h7-14H,1,3-5,15H2,2,6H3/b9-7-,10-8-. The molecule has 0 bridgehead atoms. The van der Waals surface area contributed by atoms with Crippen molar-refractivity contribution in [2.45, 2.75) is 13.3 Å². The molecule has 0 radical (unpaired) electrons. The van der Waals surface area contributed by atoms with E-state index in [1.807, 2.05) is 55.5 Å². The summed E-state index contributed by atoms with van der Waals surface area (Å²) >= 11 is 0. The molecule has 0 unspecified atom stereocenters. The highest BCUT2D eigenvalue weighted by Gasteiger charge is 1.97. The Hall–Kier alpha value is -2.54. The first-order valence-electron chi connectivity index (χ1n) is 7.13. The largest absolute Gasteiger partial charge is 0.497 e. The average Bonchev–Trinajstić information content (AvgIpc) is 2.50. The minimum Gasteiger partial charge on any atom is -0.497 e. The highest BCUT2D eigenvalue weighted by molar-refractivity contribution is 5.45. The lowest BCUT2D eigenvalue weighted by Crippen LogP contribution is -1.88. The Morgan fingerprint density at radius 1 is 0.909 bits per heavy atom. The van der Waals surface area contributed by atoms with Crippen molar-refractivity contribution in [1.29, 1.82) is 0 Å². The Balaban J connectivity index is 2.57. The first-order valence-corrected chi connectivity index (χ1v) is 7.13. The molecular weight excluding hydrogens is 268 g/mol. The Labute approximate surface area is 134 Å². The molecule has 114 valence electrons. The summed E-state index contributed by atoms with van der Waals surface area (Å²) in [7, 11) is 1.66. The van der Waals surface area contributed by atoms with Crippen LogP contribution in [0.25, 0.3) is 0 Å². The van der Waals surface area contributed by atoms with Crippen LogP contribution in [0.5, 0.6) is 5.75 Å². The smallest absolute Gasteiger partial charge is 0.118 e. The molecule has 0 N–H and O–H groups in total. The fraction of sp³-hybridized carbons (Fsp3) is 0.143. The van der Waals surface area contributed by atoms with Gasteiger partial charge in [-0.1, -0.05) is 73.9 Å². The van der Waals surface area contributed by atoms with Crippen LogP contribution in [-0.2, 0) is 6.42 Å². The van der Waals surface area contributed by atoms with E-state index in [-0.39, 0.29) is 0 Å². The topological polar surface area (TPSA) is 9.23 Å². The van der Waals surface area contributed by atoms with Crippen LogP contribution in [0.3, 0.4) is 0 Å². The first-order chi connectivity index (χ1) is 10.4. The maximum atomic E-state index is 5.15. The monoisotopic (exact) mass is 292 g/mol. The Morgan fingerprint density at radius 3 is 1.95 bits per heavy atom. The predicted octanol–water partition coefficient (Wildman–Crippen LogP) is 5.59. The maximum absolute atomic E-state index is 5.15. The SMILES string of the molecule is C=C(C)/C=C\C(=C)C(=C)/C=C\C(=C)Cc1ccc(OC)cc1. The second-order valence-corrected chi connectivity index (χ2v) is 5.25. The Bertz CT molecular complexity index is 624. The lowest BCUT2D eigenvalue weighted by atomic mass is 10.0. The third-order valence-corrected chi connectivity index (χ3v) is 3.09. The summed E-state index contributed by atoms with van der Waals surface area (Å²) in [4.78, 5) is 0. The zero-order valence-corrected chi connectivity index (χ0v) is 13.6. The number of hydrogen-bond acceptors (Lipinski definition) is 1. The van der Waals surface area contributed by atoms with Gasteiger partial charge in [0, 0.05) is 0 Å². The quantitative estimate of drug-likeness (QED) is 0.567. The van der Waals surface area contributed by atoms with Crippen molar-refractivity contribution in [3.05, 3.63) is 103 Å². The van der Waals surface area contributed by atoms with Crippen molar-refractivity contribution in [3.8, 4) is 5.75 Å². The predicted molar refractivity (Wildman–Crippen MR) is 97.2 cm³/mol. The number of ether oxygens (including phenoxy) is 1. The second kappa shape index (κ2) is 8.68. The van der Waals surface area contributed by atoms with E-state index in [1.54, 1.807) is 7.11 Å². The fourth-order valence-electron chi connectivity index (χ4n) is 1.74. The van der Waals surface area contributed by atoms with Gasteiger partial charge in [0.15, 0.2) is 0 Å². The lowest BCUT2D eigenvalue weighted by Gasteiger charge is -2.04. The molecule has 0 heterocycles. The van der Waals surface area contributed by atoms with Gasteiger partial charge >= 0.3 is 0 Å². The lowest BCUT2D eigenvalue weighted by molar-refractivity contribution is 0.414. The molecule has 1 rings (SSSR count). The molecule has 0 aromatic heterocycles. The fourth-order valence-corrected chi connectivity index (χ4v) is 1.74. The van der Waals surface area contributed by atoms with Crippen LogP contribution < -0.4 is 4.74 Å². The van der Waals surface area contributed by atoms with E-state index in [0.29, 0.717) is 0 Å². The summed E-state index contributed by atoms with van der Waals surface area (Å²) in [6.07, 6.45) is 8.56. The van der Waals surface area contributed by atoms with Crippen molar-refractivity contribution in [2.75, 3.05) is 7.11 Å². The summed E-state index contributed by atoms with van der Waals surface area (Å²) in [6, 6.07) is 7.99. The third kappa shape index (κ3) is 6.27. The van der Waals surface area contributed by atoms with Crippen molar-refractivity contribution >= 4 is 0 Å². The van der Waals surface area contributed by atoms with Crippen LogP contribution >= 0.6 is 0 Å². The van der Waals surface area contributed by atoms with Crippen LogP contribution in [0.2, 0.25) is 0 Å². The van der Waals surface area contributed by atoms with Crippen molar-refractivity contribution in [2.24, 2.45) is 0 Å². The number of benzene rings is 1. The first kappa shape index (κ1) is 17.5. The molecule has 0 aliphatic heterocycles. The zero-order chi connectivity index (χ0) is 16.5. The van der Waals surface area contributed by atoms with Gasteiger partial charge in [-0.25, -0.2) is 0 Å². The van der Waals surface area contributed by atoms with Crippen molar-refractivity contribution in [1.82, 2.24) is 0 Å². The molecule has 0 saturated carbocycles. The van der Waals surface area contributed by atoms with Gasteiger partial charge in [-0.2, -0.15) is 0 Å². The van der Waals surface area contributed by atoms with Gasteiger partial charge in [0.1, 0.15) is 5.75 Å². The summed E-state index contributed by atoms with van der Waals surface area (Å²) < 4.78 is 5.15. The summed E-state index contributed by atoms with van der Waals surface area (Å²) in [5.41, 5.74) is 4.94. The summed E-state index contributed by atoms with van der Waals surface area (Å²) in [5, 5.41) is 0. The van der Waals surface area contributed by atoms with E-state index in [2.05, 4.69) is 26.3 Å². The second-order valence-electron chi connectivity index (χ2n) is 5.25. The molecule has 22 heavy (non-hydrogen) atoms. The molecule has 0 aliphatic rings. The van der Waals surface area contributed by atoms with Crippen molar-refractivity contribution in [3.63, 3.8) is 0 Å². The molecule has 0 fully saturated rings. The van der Waals surface area contributed by atoms with E-state index >= 15 is 0 Å². The molecule has 0 spiro atoms. The number of allylic oxidation sites excluding steroid dienone is 8. The van der Waals surface area contributed by atoms with E-state index < -0.39 is 0 Å². The Morgan fingerprint density at radius 2 is 1.45 bits per heavy atom. The molecule has 0 aliphatic carbocycles. The summed E-state index contributed by atoms with van der Waals surface area (Å²) in [5.74, 6) is 0.860. The van der Waals surface area contributed by atoms with Gasteiger partial charge in [-0.3, -0.25) is 0 Å². The highest BCUT2D eigenvalue weighted by Crippen LogP contribution is 2.16. The van der Waals surface area contributed by atoms with Crippen LogP contribution in [0.15, 0.2) is 97.2 Å². The highest BCUT2D eigenvalue weighted by atomic mass is 16.5. The molecule has 0 amide bonds. The molecule has 0 atom stereocenters. The zero-order valence-electron chi connectivity index (χ0n) is 13.6. The molecule has 1 heteroatoms. The summed E-state index contributed by atoms with van der Waals surface area (Å²) in [6.45, 7) is 17.8. The minimum atomic E-state index is 0.794. The van der Waals surface area contributed by atoms with Gasteiger partial charge < -0.3 is 4.74 Å². The molecule has 1 aromatic rings.